The third-order valence-corrected chi connectivity index (χ3v) is 5.81. The van der Waals surface area contributed by atoms with Crippen molar-refractivity contribution in [3.05, 3.63) is 51.2 Å². The lowest BCUT2D eigenvalue weighted by molar-refractivity contribution is 0.0690. The average molecular weight is 409 g/mol. The Morgan fingerprint density at radius 2 is 1.96 bits per heavy atom. The molecular formula is C21H29ClN2O2S. The van der Waals surface area contributed by atoms with Crippen molar-refractivity contribution < 1.29 is 9.84 Å². The monoisotopic (exact) mass is 408 g/mol. The molecule has 0 radical (unpaired) electrons. The number of likely N-dealkylation sites (tertiary alicyclic amines) is 1. The van der Waals surface area contributed by atoms with Gasteiger partial charge in [0.25, 0.3) is 0 Å². The van der Waals surface area contributed by atoms with Crippen LogP contribution in [0.5, 0.6) is 5.75 Å². The number of aliphatic hydroxyl groups excluding tert-OH is 1. The number of thiophene rings is 1. The molecule has 4 nitrogen and oxygen atoms in total. The van der Waals surface area contributed by atoms with E-state index in [2.05, 4.69) is 27.0 Å². The Labute approximate surface area is 171 Å². The van der Waals surface area contributed by atoms with E-state index in [0.29, 0.717) is 24.7 Å². The van der Waals surface area contributed by atoms with Gasteiger partial charge in [-0.3, -0.25) is 0 Å². The number of nitrogens with zero attached hydrogens (tertiary/aromatic N) is 1. The van der Waals surface area contributed by atoms with Crippen molar-refractivity contribution >= 4 is 22.9 Å². The predicted molar refractivity (Wildman–Crippen MR) is 113 cm³/mol. The maximum atomic E-state index is 10.4. The average Bonchev–Trinajstić information content (AvgIpc) is 3.04. The van der Waals surface area contributed by atoms with Gasteiger partial charge in [-0.05, 0) is 66.5 Å². The predicted octanol–water partition coefficient (Wildman–Crippen LogP) is 4.31. The SMILES string of the molecule is O[C@H](COc1ccc(Cl)cc1CNCc1ccsc1)CN1CCCCCC1. The third-order valence-electron chi connectivity index (χ3n) is 4.85. The molecule has 0 aliphatic carbocycles. The summed E-state index contributed by atoms with van der Waals surface area (Å²) in [7, 11) is 0. The first-order valence-electron chi connectivity index (χ1n) is 9.74. The highest BCUT2D eigenvalue weighted by Crippen LogP contribution is 2.23. The van der Waals surface area contributed by atoms with Gasteiger partial charge in [0.2, 0.25) is 0 Å². The minimum absolute atomic E-state index is 0.301. The Hall–Kier alpha value is -1.11. The molecule has 2 aromatic rings. The summed E-state index contributed by atoms with van der Waals surface area (Å²) in [6, 6.07) is 7.77. The fourth-order valence-electron chi connectivity index (χ4n) is 3.42. The maximum Gasteiger partial charge on any atom is 0.124 e. The minimum atomic E-state index is -0.481. The number of rotatable bonds is 9. The van der Waals surface area contributed by atoms with E-state index in [1.807, 2.05) is 18.2 Å². The summed E-state index contributed by atoms with van der Waals surface area (Å²) in [5.41, 5.74) is 2.29. The molecule has 1 aliphatic rings. The number of benzene rings is 1. The van der Waals surface area contributed by atoms with E-state index in [4.69, 9.17) is 16.3 Å². The molecule has 1 saturated heterocycles. The molecule has 1 aromatic carbocycles. The van der Waals surface area contributed by atoms with E-state index in [-0.39, 0.29) is 0 Å². The lowest BCUT2D eigenvalue weighted by atomic mass is 10.2. The minimum Gasteiger partial charge on any atom is -0.491 e. The molecule has 6 heteroatoms. The van der Waals surface area contributed by atoms with Crippen molar-refractivity contribution in [2.45, 2.75) is 44.9 Å². The Balaban J connectivity index is 1.49. The van der Waals surface area contributed by atoms with Gasteiger partial charge in [0.1, 0.15) is 18.5 Å². The molecule has 1 atom stereocenters. The summed E-state index contributed by atoms with van der Waals surface area (Å²) in [6.07, 6.45) is 4.58. The Morgan fingerprint density at radius 1 is 1.15 bits per heavy atom. The number of hydrogen-bond acceptors (Lipinski definition) is 5. The van der Waals surface area contributed by atoms with Gasteiger partial charge in [-0.15, -0.1) is 0 Å². The summed E-state index contributed by atoms with van der Waals surface area (Å²) in [5.74, 6) is 0.784. The van der Waals surface area contributed by atoms with E-state index in [9.17, 15) is 5.11 Å². The molecule has 0 unspecified atom stereocenters. The number of aliphatic hydroxyl groups is 1. The number of nitrogens with one attached hydrogen (secondary N) is 1. The quantitative estimate of drug-likeness (QED) is 0.649. The van der Waals surface area contributed by atoms with Gasteiger partial charge in [-0.2, -0.15) is 11.3 Å². The summed E-state index contributed by atoms with van der Waals surface area (Å²) >= 11 is 7.87. The lowest BCUT2D eigenvalue weighted by Crippen LogP contribution is -2.36. The smallest absolute Gasteiger partial charge is 0.124 e. The zero-order valence-corrected chi connectivity index (χ0v) is 17.3. The van der Waals surface area contributed by atoms with Gasteiger partial charge in [0, 0.05) is 30.2 Å². The van der Waals surface area contributed by atoms with Gasteiger partial charge in [-0.25, -0.2) is 0 Å². The van der Waals surface area contributed by atoms with E-state index in [0.717, 1.165) is 30.9 Å². The highest BCUT2D eigenvalue weighted by atomic mass is 35.5. The molecule has 1 aliphatic heterocycles. The van der Waals surface area contributed by atoms with Crippen LogP contribution in [0, 0.1) is 0 Å². The van der Waals surface area contributed by atoms with Crippen molar-refractivity contribution in [2.75, 3.05) is 26.2 Å². The van der Waals surface area contributed by atoms with Crippen molar-refractivity contribution in [3.8, 4) is 5.75 Å². The van der Waals surface area contributed by atoms with Gasteiger partial charge in [0.15, 0.2) is 0 Å². The molecule has 2 heterocycles. The fraction of sp³-hybridized carbons (Fsp3) is 0.524. The number of β-amino-alcohol motifs (C(OH)–C–C–N with tert-alkyl or cyclic N) is 1. The molecular weight excluding hydrogens is 380 g/mol. The summed E-state index contributed by atoms with van der Waals surface area (Å²) in [4.78, 5) is 2.35. The lowest BCUT2D eigenvalue weighted by Gasteiger charge is -2.23. The fourth-order valence-corrected chi connectivity index (χ4v) is 4.28. The molecule has 0 amide bonds. The Bertz CT molecular complexity index is 673. The van der Waals surface area contributed by atoms with Crippen molar-refractivity contribution in [1.29, 1.82) is 0 Å². The number of hydrogen-bond donors (Lipinski definition) is 2. The summed E-state index contributed by atoms with van der Waals surface area (Å²) < 4.78 is 5.94. The van der Waals surface area contributed by atoms with E-state index in [1.165, 1.54) is 31.2 Å². The molecule has 27 heavy (non-hydrogen) atoms. The van der Waals surface area contributed by atoms with Crippen LogP contribution in [0.4, 0.5) is 0 Å². The van der Waals surface area contributed by atoms with Gasteiger partial charge < -0.3 is 20.1 Å². The molecule has 0 spiro atoms. The standard InChI is InChI=1S/C21H29ClN2O2S/c22-19-5-6-21(18(11-19)13-23-12-17-7-10-27-16-17)26-15-20(25)14-24-8-3-1-2-4-9-24/h5-7,10-11,16,20,23,25H,1-4,8-9,12-15H2/t20-/m0/s1. The van der Waals surface area contributed by atoms with Crippen LogP contribution in [0.2, 0.25) is 5.02 Å². The van der Waals surface area contributed by atoms with Crippen LogP contribution in [0.3, 0.4) is 0 Å². The maximum absolute atomic E-state index is 10.4. The zero-order valence-electron chi connectivity index (χ0n) is 15.7. The molecule has 3 rings (SSSR count). The van der Waals surface area contributed by atoms with E-state index < -0.39 is 6.10 Å². The van der Waals surface area contributed by atoms with Crippen LogP contribution in [0.1, 0.15) is 36.8 Å². The summed E-state index contributed by atoms with van der Waals surface area (Å²) in [6.45, 7) is 4.63. The van der Waals surface area contributed by atoms with Crippen LogP contribution in [-0.4, -0.2) is 42.4 Å². The Morgan fingerprint density at radius 3 is 2.70 bits per heavy atom. The van der Waals surface area contributed by atoms with Crippen molar-refractivity contribution in [3.63, 3.8) is 0 Å². The van der Waals surface area contributed by atoms with Crippen molar-refractivity contribution in [1.82, 2.24) is 10.2 Å². The molecule has 2 N–H and O–H groups in total. The Kier molecular flexibility index (Phi) is 8.42. The van der Waals surface area contributed by atoms with Gasteiger partial charge >= 0.3 is 0 Å². The largest absolute Gasteiger partial charge is 0.491 e. The van der Waals surface area contributed by atoms with E-state index >= 15 is 0 Å². The van der Waals surface area contributed by atoms with Crippen LogP contribution >= 0.6 is 22.9 Å². The van der Waals surface area contributed by atoms with Crippen molar-refractivity contribution in [2.24, 2.45) is 0 Å². The first kappa shape index (κ1) is 20.6. The first-order valence-corrected chi connectivity index (χ1v) is 11.1. The van der Waals surface area contributed by atoms with Gasteiger partial charge in [0.05, 0.1) is 0 Å². The molecule has 1 aromatic heterocycles. The van der Waals surface area contributed by atoms with Crippen LogP contribution in [0.25, 0.3) is 0 Å². The van der Waals surface area contributed by atoms with Crippen LogP contribution < -0.4 is 10.1 Å². The molecule has 148 valence electrons. The zero-order chi connectivity index (χ0) is 18.9. The topological polar surface area (TPSA) is 44.7 Å². The normalized spacial score (nSPS) is 16.8. The number of halogens is 1. The van der Waals surface area contributed by atoms with Gasteiger partial charge in [-0.1, -0.05) is 24.4 Å². The molecule has 1 fully saturated rings. The van der Waals surface area contributed by atoms with E-state index in [1.54, 1.807) is 11.3 Å². The summed E-state index contributed by atoms with van der Waals surface area (Å²) in [5, 5.41) is 18.7. The second kappa shape index (κ2) is 11.0. The highest BCUT2D eigenvalue weighted by molar-refractivity contribution is 7.07. The first-order chi connectivity index (χ1) is 13.2. The van der Waals surface area contributed by atoms with Crippen LogP contribution in [0.15, 0.2) is 35.0 Å². The van der Waals surface area contributed by atoms with Crippen LogP contribution in [-0.2, 0) is 13.1 Å². The second-order valence-corrected chi connectivity index (χ2v) is 8.38. The second-order valence-electron chi connectivity index (χ2n) is 7.17. The molecule has 0 bridgehead atoms. The molecule has 0 saturated carbocycles. The highest BCUT2D eigenvalue weighted by Gasteiger charge is 2.15. The third kappa shape index (κ3) is 7.09. The number of ether oxygens (including phenoxy) is 1.